The smallest absolute Gasteiger partial charge is 0.405 e. The molecule has 0 aliphatic carbocycles. The summed E-state index contributed by atoms with van der Waals surface area (Å²) in [5.74, 6) is -0.665. The number of β-amino-alcohol motifs (C(OH)–C–C–N with tert-alkyl or cyclic N) is 1. The summed E-state index contributed by atoms with van der Waals surface area (Å²) < 4.78 is 0. The SMILES string of the molecule is CC(C)[C@@H](NC(=O)O)C(=O)N1CC[C@](O)(c2ccc(Cl)cc2)[C@@](C)(O)C1. The van der Waals surface area contributed by atoms with Crippen molar-refractivity contribution in [3.63, 3.8) is 0 Å². The maximum absolute atomic E-state index is 12.7. The zero-order chi connectivity index (χ0) is 19.7. The molecule has 0 bridgehead atoms. The average molecular weight is 385 g/mol. The summed E-state index contributed by atoms with van der Waals surface area (Å²) in [5.41, 5.74) is -2.63. The highest BCUT2D eigenvalue weighted by Crippen LogP contribution is 2.40. The minimum Gasteiger partial charge on any atom is -0.465 e. The van der Waals surface area contributed by atoms with Crippen LogP contribution in [0.2, 0.25) is 5.02 Å². The summed E-state index contributed by atoms with van der Waals surface area (Å²) in [4.78, 5) is 25.1. The minimum atomic E-state index is -1.61. The molecule has 1 heterocycles. The average Bonchev–Trinajstić information content (AvgIpc) is 2.54. The lowest BCUT2D eigenvalue weighted by atomic mass is 9.73. The monoisotopic (exact) mass is 384 g/mol. The number of carbonyl (C=O) groups is 2. The molecule has 1 aromatic carbocycles. The van der Waals surface area contributed by atoms with Gasteiger partial charge in [-0.05, 0) is 30.5 Å². The predicted molar refractivity (Wildman–Crippen MR) is 97.0 cm³/mol. The van der Waals surface area contributed by atoms with Crippen LogP contribution in [0.15, 0.2) is 24.3 Å². The predicted octanol–water partition coefficient (Wildman–Crippen LogP) is 1.80. The van der Waals surface area contributed by atoms with Crippen LogP contribution >= 0.6 is 11.6 Å². The summed E-state index contributed by atoms with van der Waals surface area (Å²) in [6, 6.07) is 5.65. The number of benzene rings is 1. The second-order valence-electron chi connectivity index (χ2n) is 7.32. The number of piperidine rings is 1. The highest BCUT2D eigenvalue weighted by atomic mass is 35.5. The van der Waals surface area contributed by atoms with Crippen LogP contribution in [0.25, 0.3) is 0 Å². The van der Waals surface area contributed by atoms with Gasteiger partial charge in [-0.15, -0.1) is 0 Å². The van der Waals surface area contributed by atoms with Gasteiger partial charge in [-0.3, -0.25) is 4.79 Å². The molecule has 0 aromatic heterocycles. The highest BCUT2D eigenvalue weighted by molar-refractivity contribution is 6.30. The number of hydrogen-bond acceptors (Lipinski definition) is 4. The number of carboxylic acid groups (broad SMARTS) is 1. The van der Waals surface area contributed by atoms with Gasteiger partial charge in [-0.25, -0.2) is 4.79 Å². The van der Waals surface area contributed by atoms with Gasteiger partial charge in [-0.2, -0.15) is 0 Å². The molecule has 1 fully saturated rings. The Kier molecular flexibility index (Phi) is 5.85. The maximum atomic E-state index is 12.7. The number of halogens is 1. The first kappa shape index (κ1) is 20.5. The van der Waals surface area contributed by atoms with Crippen molar-refractivity contribution in [2.75, 3.05) is 13.1 Å². The van der Waals surface area contributed by atoms with Crippen molar-refractivity contribution in [2.24, 2.45) is 5.92 Å². The van der Waals surface area contributed by atoms with E-state index in [0.717, 1.165) is 0 Å². The van der Waals surface area contributed by atoms with E-state index in [-0.39, 0.29) is 25.4 Å². The quantitative estimate of drug-likeness (QED) is 0.632. The highest BCUT2D eigenvalue weighted by Gasteiger charge is 2.52. The van der Waals surface area contributed by atoms with Crippen molar-refractivity contribution in [3.05, 3.63) is 34.9 Å². The molecule has 1 aromatic rings. The van der Waals surface area contributed by atoms with Crippen LogP contribution in [0.4, 0.5) is 4.79 Å². The Labute approximate surface area is 157 Å². The van der Waals surface area contributed by atoms with Crippen LogP contribution in [-0.4, -0.2) is 57.0 Å². The summed E-state index contributed by atoms with van der Waals surface area (Å²) in [6.07, 6.45) is -1.16. The van der Waals surface area contributed by atoms with Crippen molar-refractivity contribution in [1.82, 2.24) is 10.2 Å². The third-order valence-corrected chi connectivity index (χ3v) is 5.23. The van der Waals surface area contributed by atoms with Gasteiger partial charge in [0.25, 0.3) is 0 Å². The van der Waals surface area contributed by atoms with Gasteiger partial charge in [0.15, 0.2) is 0 Å². The number of nitrogens with one attached hydrogen (secondary N) is 1. The molecule has 1 aliphatic rings. The molecule has 144 valence electrons. The van der Waals surface area contributed by atoms with Crippen molar-refractivity contribution in [3.8, 4) is 0 Å². The summed E-state index contributed by atoms with van der Waals surface area (Å²) in [5, 5.41) is 33.7. The molecule has 4 N–H and O–H groups in total. The molecular formula is C18H25ClN2O5. The van der Waals surface area contributed by atoms with E-state index in [1.54, 1.807) is 38.1 Å². The number of nitrogens with zero attached hydrogens (tertiary/aromatic N) is 1. The van der Waals surface area contributed by atoms with Gasteiger partial charge in [0.2, 0.25) is 5.91 Å². The lowest BCUT2D eigenvalue weighted by Crippen LogP contribution is -2.64. The second-order valence-corrected chi connectivity index (χ2v) is 7.76. The van der Waals surface area contributed by atoms with Gasteiger partial charge < -0.3 is 25.5 Å². The number of hydrogen-bond donors (Lipinski definition) is 4. The second kappa shape index (κ2) is 7.42. The Bertz CT molecular complexity index is 677. The molecule has 8 heteroatoms. The summed E-state index contributed by atoms with van der Waals surface area (Å²) >= 11 is 5.89. The lowest BCUT2D eigenvalue weighted by molar-refractivity contribution is -0.191. The molecular weight excluding hydrogens is 360 g/mol. The fourth-order valence-electron chi connectivity index (χ4n) is 3.36. The molecule has 0 radical (unpaired) electrons. The maximum Gasteiger partial charge on any atom is 0.405 e. The van der Waals surface area contributed by atoms with Crippen LogP contribution in [0, 0.1) is 5.92 Å². The Balaban J connectivity index is 2.23. The van der Waals surface area contributed by atoms with Gasteiger partial charge >= 0.3 is 6.09 Å². The van der Waals surface area contributed by atoms with E-state index < -0.39 is 29.2 Å². The van der Waals surface area contributed by atoms with E-state index in [2.05, 4.69) is 5.32 Å². The number of carbonyl (C=O) groups excluding carboxylic acids is 1. The van der Waals surface area contributed by atoms with Gasteiger partial charge in [-0.1, -0.05) is 37.6 Å². The molecule has 0 unspecified atom stereocenters. The van der Waals surface area contributed by atoms with Crippen molar-refractivity contribution in [2.45, 2.75) is 44.4 Å². The normalized spacial score (nSPS) is 27.3. The number of aliphatic hydroxyl groups is 2. The van der Waals surface area contributed by atoms with E-state index in [9.17, 15) is 19.8 Å². The van der Waals surface area contributed by atoms with E-state index in [1.165, 1.54) is 11.8 Å². The molecule has 26 heavy (non-hydrogen) atoms. The first-order chi connectivity index (χ1) is 12.0. The Morgan fingerprint density at radius 3 is 2.27 bits per heavy atom. The fourth-order valence-corrected chi connectivity index (χ4v) is 3.49. The van der Waals surface area contributed by atoms with Gasteiger partial charge in [0, 0.05) is 18.0 Å². The van der Waals surface area contributed by atoms with E-state index in [4.69, 9.17) is 16.7 Å². The Hall–Kier alpha value is -1.83. The summed E-state index contributed by atoms with van der Waals surface area (Å²) in [6.45, 7) is 5.03. The number of likely N-dealkylation sites (tertiary alicyclic amines) is 1. The lowest BCUT2D eigenvalue weighted by Gasteiger charge is -2.49. The Morgan fingerprint density at radius 1 is 1.23 bits per heavy atom. The zero-order valence-corrected chi connectivity index (χ0v) is 15.8. The van der Waals surface area contributed by atoms with Crippen LogP contribution in [0.5, 0.6) is 0 Å². The minimum absolute atomic E-state index is 0.116. The third kappa shape index (κ3) is 3.95. The van der Waals surface area contributed by atoms with E-state index in [0.29, 0.717) is 10.6 Å². The van der Waals surface area contributed by atoms with Crippen molar-refractivity contribution < 1.29 is 24.9 Å². The van der Waals surface area contributed by atoms with Gasteiger partial charge in [0.1, 0.15) is 17.2 Å². The molecule has 3 atom stereocenters. The van der Waals surface area contributed by atoms with Crippen LogP contribution in [0.3, 0.4) is 0 Å². The standard InChI is InChI=1S/C18H25ClN2O5/c1-11(2)14(20-16(23)24)15(22)21-9-8-18(26,17(3,25)10-21)12-4-6-13(19)7-5-12/h4-7,11,14,20,25-26H,8-10H2,1-3H3,(H,23,24)/t14-,17+,18+/m1/s1. The van der Waals surface area contributed by atoms with Crippen LogP contribution in [0.1, 0.15) is 32.8 Å². The molecule has 1 aliphatic heterocycles. The fraction of sp³-hybridized carbons (Fsp3) is 0.556. The topological polar surface area (TPSA) is 110 Å². The first-order valence-electron chi connectivity index (χ1n) is 8.47. The van der Waals surface area contributed by atoms with Crippen molar-refractivity contribution in [1.29, 1.82) is 0 Å². The molecule has 2 rings (SSSR count). The molecule has 2 amide bonds. The number of rotatable bonds is 4. The molecule has 0 saturated carbocycles. The van der Waals surface area contributed by atoms with Crippen LogP contribution in [-0.2, 0) is 10.4 Å². The first-order valence-corrected chi connectivity index (χ1v) is 8.85. The largest absolute Gasteiger partial charge is 0.465 e. The Morgan fingerprint density at radius 2 is 1.81 bits per heavy atom. The van der Waals surface area contributed by atoms with E-state index >= 15 is 0 Å². The molecule has 1 saturated heterocycles. The van der Waals surface area contributed by atoms with Gasteiger partial charge in [0.05, 0.1) is 6.54 Å². The molecule has 7 nitrogen and oxygen atoms in total. The summed E-state index contributed by atoms with van der Waals surface area (Å²) in [7, 11) is 0. The van der Waals surface area contributed by atoms with Crippen LogP contribution < -0.4 is 5.32 Å². The molecule has 0 spiro atoms. The van der Waals surface area contributed by atoms with Crippen molar-refractivity contribution >= 4 is 23.6 Å². The third-order valence-electron chi connectivity index (χ3n) is 4.98. The number of amides is 2. The van der Waals surface area contributed by atoms with E-state index in [1.807, 2.05) is 0 Å². The zero-order valence-electron chi connectivity index (χ0n) is 15.1.